The third-order valence-corrected chi connectivity index (χ3v) is 3.53. The van der Waals surface area contributed by atoms with E-state index in [1.54, 1.807) is 0 Å². The highest BCUT2D eigenvalue weighted by Crippen LogP contribution is 2.61. The molecule has 96 valence electrons. The van der Waals surface area contributed by atoms with Crippen LogP contribution in [0.1, 0.15) is 19.8 Å². The van der Waals surface area contributed by atoms with Gasteiger partial charge in [-0.1, -0.05) is 0 Å². The van der Waals surface area contributed by atoms with Gasteiger partial charge in [0.05, 0.1) is 6.54 Å². The molecule has 1 amide bonds. The predicted molar refractivity (Wildman–Crippen MR) is 50.3 cm³/mol. The minimum atomic E-state index is -3.11. The molecular formula is C10H12F3NO3. The number of likely N-dealkylation sites (tertiary alicyclic amines) is 1. The number of aliphatic carboxylic acids is 1. The van der Waals surface area contributed by atoms with Gasteiger partial charge in [0.25, 0.3) is 5.92 Å². The summed E-state index contributed by atoms with van der Waals surface area (Å²) in [6.07, 6.45) is -2.39. The first-order valence-corrected chi connectivity index (χ1v) is 5.25. The quantitative estimate of drug-likeness (QED) is 0.798. The maximum absolute atomic E-state index is 13.1. The first-order chi connectivity index (χ1) is 7.69. The van der Waals surface area contributed by atoms with Crippen molar-refractivity contribution in [2.75, 3.05) is 6.54 Å². The first kappa shape index (κ1) is 12.2. The molecule has 7 heteroatoms. The largest absolute Gasteiger partial charge is 0.480 e. The molecule has 2 aliphatic rings. The topological polar surface area (TPSA) is 57.6 Å². The van der Waals surface area contributed by atoms with E-state index in [0.29, 0.717) is 0 Å². The summed E-state index contributed by atoms with van der Waals surface area (Å²) in [4.78, 5) is 23.4. The van der Waals surface area contributed by atoms with Gasteiger partial charge in [-0.15, -0.1) is 0 Å². The second kappa shape index (κ2) is 3.36. The Bertz CT molecular complexity index is 387. The Morgan fingerprint density at radius 3 is 2.35 bits per heavy atom. The number of carboxylic acid groups (broad SMARTS) is 1. The lowest BCUT2D eigenvalue weighted by Gasteiger charge is -2.24. The van der Waals surface area contributed by atoms with E-state index in [0.717, 1.165) is 11.8 Å². The second-order valence-corrected chi connectivity index (χ2v) is 4.86. The number of alkyl halides is 3. The molecule has 1 heterocycles. The third-order valence-electron chi connectivity index (χ3n) is 3.53. The average molecular weight is 251 g/mol. The van der Waals surface area contributed by atoms with Crippen molar-refractivity contribution < 1.29 is 27.9 Å². The van der Waals surface area contributed by atoms with Gasteiger partial charge < -0.3 is 10.0 Å². The van der Waals surface area contributed by atoms with Gasteiger partial charge in [-0.25, -0.2) is 18.0 Å². The summed E-state index contributed by atoms with van der Waals surface area (Å²) in [5, 5.41) is 8.82. The molecule has 1 aliphatic heterocycles. The van der Waals surface area contributed by atoms with Crippen molar-refractivity contribution in [1.29, 1.82) is 0 Å². The van der Waals surface area contributed by atoms with Crippen molar-refractivity contribution in [3.05, 3.63) is 0 Å². The van der Waals surface area contributed by atoms with E-state index in [-0.39, 0.29) is 6.42 Å². The fourth-order valence-electron chi connectivity index (χ4n) is 2.19. The van der Waals surface area contributed by atoms with Gasteiger partial charge in [0.15, 0.2) is 0 Å². The zero-order chi connectivity index (χ0) is 13.0. The fraction of sp³-hybridized carbons (Fsp3) is 0.800. The minimum Gasteiger partial charge on any atom is -0.480 e. The molecule has 17 heavy (non-hydrogen) atoms. The number of halogens is 3. The summed E-state index contributed by atoms with van der Waals surface area (Å²) in [5.41, 5.74) is -1.86. The SMILES string of the molecule is C[C@]1(C(=O)N2C[C@H](F)C[C@H]2C(=O)O)CC1(F)F. The lowest BCUT2D eigenvalue weighted by molar-refractivity contribution is -0.152. The van der Waals surface area contributed by atoms with Gasteiger partial charge in [-0.05, 0) is 6.92 Å². The van der Waals surface area contributed by atoms with E-state index >= 15 is 0 Å². The zero-order valence-corrected chi connectivity index (χ0v) is 9.12. The van der Waals surface area contributed by atoms with Crippen molar-refractivity contribution in [3.8, 4) is 0 Å². The summed E-state index contributed by atoms with van der Waals surface area (Å²) in [5.74, 6) is -5.43. The smallest absolute Gasteiger partial charge is 0.326 e. The van der Waals surface area contributed by atoms with Crippen LogP contribution in [0.2, 0.25) is 0 Å². The number of carboxylic acids is 1. The standard InChI is InChI=1S/C10H12F3NO3/c1-9(4-10(9,12)13)8(17)14-3-5(11)2-6(14)7(15)16/h5-6H,2-4H2,1H3,(H,15,16)/t5-,6+,9-/m1/s1. The highest BCUT2D eigenvalue weighted by Gasteiger charge is 2.74. The predicted octanol–water partition coefficient (Wildman–Crippen LogP) is 1.06. The van der Waals surface area contributed by atoms with Gasteiger partial charge in [0.1, 0.15) is 17.6 Å². The van der Waals surface area contributed by atoms with Crippen LogP contribution in [0.3, 0.4) is 0 Å². The highest BCUT2D eigenvalue weighted by atomic mass is 19.3. The van der Waals surface area contributed by atoms with E-state index in [4.69, 9.17) is 5.11 Å². The average Bonchev–Trinajstić information content (AvgIpc) is 2.59. The number of rotatable bonds is 2. The molecule has 1 aliphatic carbocycles. The van der Waals surface area contributed by atoms with Crippen molar-refractivity contribution in [3.63, 3.8) is 0 Å². The molecule has 0 aromatic rings. The minimum absolute atomic E-state index is 0.331. The van der Waals surface area contributed by atoms with Crippen molar-refractivity contribution in [2.45, 2.75) is 37.9 Å². The molecule has 1 N–H and O–H groups in total. The lowest BCUT2D eigenvalue weighted by atomic mass is 10.1. The van der Waals surface area contributed by atoms with Crippen molar-refractivity contribution in [2.24, 2.45) is 5.41 Å². The monoisotopic (exact) mass is 251 g/mol. The van der Waals surface area contributed by atoms with Crippen LogP contribution in [0.4, 0.5) is 13.2 Å². The van der Waals surface area contributed by atoms with Gasteiger partial charge in [0.2, 0.25) is 5.91 Å². The molecule has 0 spiro atoms. The number of hydrogen-bond donors (Lipinski definition) is 1. The summed E-state index contributed by atoms with van der Waals surface area (Å²) in [6, 6.07) is -1.33. The van der Waals surface area contributed by atoms with Crippen LogP contribution in [0.25, 0.3) is 0 Å². The van der Waals surface area contributed by atoms with Gasteiger partial charge in [-0.2, -0.15) is 0 Å². The molecule has 0 bridgehead atoms. The Hall–Kier alpha value is -1.27. The van der Waals surface area contributed by atoms with E-state index in [2.05, 4.69) is 0 Å². The van der Waals surface area contributed by atoms with E-state index < -0.39 is 48.4 Å². The van der Waals surface area contributed by atoms with Crippen molar-refractivity contribution >= 4 is 11.9 Å². The number of nitrogens with zero attached hydrogens (tertiary/aromatic N) is 1. The molecular weight excluding hydrogens is 239 g/mol. The van der Waals surface area contributed by atoms with Crippen molar-refractivity contribution in [1.82, 2.24) is 4.90 Å². The van der Waals surface area contributed by atoms with E-state index in [9.17, 15) is 22.8 Å². The molecule has 0 aromatic carbocycles. The summed E-state index contributed by atoms with van der Waals surface area (Å²) < 4.78 is 39.1. The summed E-state index contributed by atoms with van der Waals surface area (Å²) in [7, 11) is 0. The molecule has 0 aromatic heterocycles. The number of hydrogen-bond acceptors (Lipinski definition) is 2. The molecule has 0 unspecified atom stereocenters. The Kier molecular flexibility index (Phi) is 2.41. The lowest BCUT2D eigenvalue weighted by Crippen LogP contribution is -2.45. The maximum atomic E-state index is 13.1. The van der Waals surface area contributed by atoms with E-state index in [1.165, 1.54) is 0 Å². The highest BCUT2D eigenvalue weighted by molar-refractivity contribution is 5.91. The Morgan fingerprint density at radius 1 is 1.41 bits per heavy atom. The number of carbonyl (C=O) groups excluding carboxylic acids is 1. The van der Waals surface area contributed by atoms with Crippen LogP contribution < -0.4 is 0 Å². The van der Waals surface area contributed by atoms with Gasteiger partial charge in [0, 0.05) is 12.8 Å². The normalized spacial score (nSPS) is 39.2. The Labute approximate surface area is 95.4 Å². The molecule has 3 atom stereocenters. The molecule has 4 nitrogen and oxygen atoms in total. The van der Waals surface area contributed by atoms with Crippen LogP contribution >= 0.6 is 0 Å². The molecule has 1 saturated heterocycles. The first-order valence-electron chi connectivity index (χ1n) is 5.25. The van der Waals surface area contributed by atoms with Crippen LogP contribution in [-0.2, 0) is 9.59 Å². The van der Waals surface area contributed by atoms with Gasteiger partial charge in [-0.3, -0.25) is 4.79 Å². The summed E-state index contributed by atoms with van der Waals surface area (Å²) >= 11 is 0. The second-order valence-electron chi connectivity index (χ2n) is 4.86. The molecule has 2 rings (SSSR count). The van der Waals surface area contributed by atoms with Crippen LogP contribution in [-0.4, -0.2) is 46.6 Å². The third kappa shape index (κ3) is 1.68. The summed E-state index contributed by atoms with van der Waals surface area (Å²) in [6.45, 7) is 0.668. The van der Waals surface area contributed by atoms with Crippen LogP contribution in [0.5, 0.6) is 0 Å². The zero-order valence-electron chi connectivity index (χ0n) is 9.12. The van der Waals surface area contributed by atoms with Gasteiger partial charge >= 0.3 is 5.97 Å². The molecule has 2 fully saturated rings. The fourth-order valence-corrected chi connectivity index (χ4v) is 2.19. The number of amides is 1. The Balaban J connectivity index is 2.18. The van der Waals surface area contributed by atoms with Crippen LogP contribution in [0.15, 0.2) is 0 Å². The number of carbonyl (C=O) groups is 2. The molecule has 0 radical (unpaired) electrons. The van der Waals surface area contributed by atoms with E-state index in [1.807, 2.05) is 0 Å². The van der Waals surface area contributed by atoms with Crippen LogP contribution in [0, 0.1) is 5.41 Å². The molecule has 1 saturated carbocycles. The maximum Gasteiger partial charge on any atom is 0.326 e. The Morgan fingerprint density at radius 2 is 1.94 bits per heavy atom.